The van der Waals surface area contributed by atoms with Crippen molar-refractivity contribution in [3.05, 3.63) is 53.9 Å². The number of hydrogen-bond donors (Lipinski definition) is 0. The molecule has 0 N–H and O–H groups in total. The Hall–Kier alpha value is -1.51. The molecule has 16 heavy (non-hydrogen) atoms. The maximum absolute atomic E-state index is 12.6. The van der Waals surface area contributed by atoms with Crippen LogP contribution in [0.3, 0.4) is 0 Å². The van der Waals surface area contributed by atoms with Crippen molar-refractivity contribution in [3.8, 4) is 0 Å². The van der Waals surface area contributed by atoms with E-state index in [1.54, 1.807) is 25.5 Å². The first-order valence-electron chi connectivity index (χ1n) is 4.92. The van der Waals surface area contributed by atoms with Crippen LogP contribution < -0.4 is 0 Å². The van der Waals surface area contributed by atoms with E-state index in [-0.39, 0.29) is 0 Å². The molecule has 0 aromatic heterocycles. The van der Waals surface area contributed by atoms with Crippen molar-refractivity contribution in [2.24, 2.45) is 0 Å². The summed E-state index contributed by atoms with van der Waals surface area (Å²) in [6.07, 6.45) is -2.60. The Morgan fingerprint density at radius 2 is 1.75 bits per heavy atom. The van der Waals surface area contributed by atoms with Gasteiger partial charge >= 0.3 is 6.18 Å². The van der Waals surface area contributed by atoms with Gasteiger partial charge in [0.1, 0.15) is 0 Å². The summed E-state index contributed by atoms with van der Waals surface area (Å²) >= 11 is 0. The van der Waals surface area contributed by atoms with E-state index in [4.69, 9.17) is 0 Å². The highest BCUT2D eigenvalue weighted by molar-refractivity contribution is 5.87. The second-order valence-electron chi connectivity index (χ2n) is 3.57. The molecule has 0 aliphatic heterocycles. The van der Waals surface area contributed by atoms with Crippen LogP contribution in [-0.2, 0) is 6.18 Å². The molecule has 0 fully saturated rings. The van der Waals surface area contributed by atoms with Gasteiger partial charge in [-0.2, -0.15) is 13.2 Å². The largest absolute Gasteiger partial charge is 0.416 e. The van der Waals surface area contributed by atoms with E-state index in [1.807, 2.05) is 12.1 Å². The zero-order valence-electron chi connectivity index (χ0n) is 8.68. The van der Waals surface area contributed by atoms with Gasteiger partial charge in [0.15, 0.2) is 0 Å². The maximum atomic E-state index is 12.6. The second kappa shape index (κ2) is 3.81. The standard InChI is InChI=1S/C13H10F3/c1-2-9-7-11(13(14,15)16)8-10-5-3-4-6-12(9)10/h2-8H,1H3. The van der Waals surface area contributed by atoms with Crippen molar-refractivity contribution in [2.45, 2.75) is 13.1 Å². The minimum absolute atomic E-state index is 0.598. The first kappa shape index (κ1) is 11.0. The summed E-state index contributed by atoms with van der Waals surface area (Å²) in [7, 11) is 0. The summed E-state index contributed by atoms with van der Waals surface area (Å²) in [4.78, 5) is 0. The van der Waals surface area contributed by atoms with Crippen LogP contribution in [0.1, 0.15) is 18.1 Å². The van der Waals surface area contributed by atoms with Gasteiger partial charge in [-0.1, -0.05) is 31.2 Å². The molecule has 0 heterocycles. The van der Waals surface area contributed by atoms with Crippen molar-refractivity contribution in [3.63, 3.8) is 0 Å². The van der Waals surface area contributed by atoms with E-state index < -0.39 is 11.7 Å². The number of fused-ring (bicyclic) bond motifs is 1. The molecule has 0 amide bonds. The molecular formula is C13H10F3. The van der Waals surface area contributed by atoms with Crippen molar-refractivity contribution in [2.75, 3.05) is 0 Å². The Balaban J connectivity index is 2.73. The smallest absolute Gasteiger partial charge is 0.166 e. The molecule has 0 aliphatic rings. The summed E-state index contributed by atoms with van der Waals surface area (Å²) < 4.78 is 37.9. The van der Waals surface area contributed by atoms with Crippen molar-refractivity contribution in [1.29, 1.82) is 0 Å². The molecule has 0 atom stereocenters. The molecule has 0 saturated carbocycles. The van der Waals surface area contributed by atoms with E-state index in [0.29, 0.717) is 10.9 Å². The Morgan fingerprint density at radius 3 is 2.38 bits per heavy atom. The van der Waals surface area contributed by atoms with E-state index in [1.165, 1.54) is 12.1 Å². The van der Waals surface area contributed by atoms with E-state index in [0.717, 1.165) is 5.39 Å². The average Bonchev–Trinajstić information content (AvgIpc) is 2.26. The second-order valence-corrected chi connectivity index (χ2v) is 3.57. The molecule has 3 heteroatoms. The van der Waals surface area contributed by atoms with Crippen LogP contribution in [0.5, 0.6) is 0 Å². The molecule has 0 nitrogen and oxygen atoms in total. The van der Waals surface area contributed by atoms with E-state index in [2.05, 4.69) is 0 Å². The molecule has 0 unspecified atom stereocenters. The van der Waals surface area contributed by atoms with Crippen molar-refractivity contribution in [1.82, 2.24) is 0 Å². The number of alkyl halides is 3. The van der Waals surface area contributed by atoms with Crippen molar-refractivity contribution >= 4 is 10.8 Å². The molecule has 2 aromatic carbocycles. The van der Waals surface area contributed by atoms with Gasteiger partial charge in [-0.3, -0.25) is 0 Å². The predicted octanol–water partition coefficient (Wildman–Crippen LogP) is 4.43. The number of halogens is 3. The number of rotatable bonds is 1. The quantitative estimate of drug-likeness (QED) is 0.670. The fourth-order valence-corrected chi connectivity index (χ4v) is 1.74. The van der Waals surface area contributed by atoms with Crippen LogP contribution >= 0.6 is 0 Å². The Bertz CT molecular complexity index is 512. The lowest BCUT2D eigenvalue weighted by molar-refractivity contribution is -0.137. The zero-order valence-corrected chi connectivity index (χ0v) is 8.68. The van der Waals surface area contributed by atoms with Gasteiger partial charge in [0.25, 0.3) is 0 Å². The van der Waals surface area contributed by atoms with Gasteiger partial charge < -0.3 is 0 Å². The van der Waals surface area contributed by atoms with Gasteiger partial charge in [-0.15, -0.1) is 0 Å². The van der Waals surface area contributed by atoms with Crippen LogP contribution in [0.15, 0.2) is 36.4 Å². The highest BCUT2D eigenvalue weighted by Gasteiger charge is 2.31. The van der Waals surface area contributed by atoms with Crippen LogP contribution in [0.25, 0.3) is 10.8 Å². The fourth-order valence-electron chi connectivity index (χ4n) is 1.74. The summed E-state index contributed by atoms with van der Waals surface area (Å²) in [5.41, 5.74) is 0.0183. The van der Waals surface area contributed by atoms with Crippen LogP contribution in [0.4, 0.5) is 13.2 Å². The van der Waals surface area contributed by atoms with E-state index >= 15 is 0 Å². The van der Waals surface area contributed by atoms with Gasteiger partial charge in [-0.25, -0.2) is 0 Å². The topological polar surface area (TPSA) is 0 Å². The SMILES string of the molecule is C[CH]c1cc(C(F)(F)F)cc2ccccc12. The van der Waals surface area contributed by atoms with Crippen LogP contribution in [-0.4, -0.2) is 0 Å². The monoisotopic (exact) mass is 223 g/mol. The Kier molecular flexibility index (Phi) is 2.62. The third kappa shape index (κ3) is 1.90. The molecule has 0 aliphatic carbocycles. The lowest BCUT2D eigenvalue weighted by Gasteiger charge is -2.11. The molecule has 1 radical (unpaired) electrons. The highest BCUT2D eigenvalue weighted by atomic mass is 19.4. The Morgan fingerprint density at radius 1 is 1.06 bits per heavy atom. The molecular weight excluding hydrogens is 213 g/mol. The first-order chi connectivity index (χ1) is 7.52. The van der Waals surface area contributed by atoms with Gasteiger partial charge in [0, 0.05) is 0 Å². The predicted molar refractivity (Wildman–Crippen MR) is 58.0 cm³/mol. The summed E-state index contributed by atoms with van der Waals surface area (Å²) in [6, 6.07) is 9.44. The number of hydrogen-bond acceptors (Lipinski definition) is 0. The van der Waals surface area contributed by atoms with Crippen molar-refractivity contribution < 1.29 is 13.2 Å². The molecule has 83 valence electrons. The number of benzene rings is 2. The van der Waals surface area contributed by atoms with Crippen LogP contribution in [0, 0.1) is 6.42 Å². The lowest BCUT2D eigenvalue weighted by Crippen LogP contribution is -2.05. The average molecular weight is 223 g/mol. The first-order valence-corrected chi connectivity index (χ1v) is 4.92. The summed E-state index contributed by atoms with van der Waals surface area (Å²) in [6.45, 7) is 1.74. The molecule has 0 spiro atoms. The normalized spacial score (nSPS) is 12.0. The van der Waals surface area contributed by atoms with Crippen LogP contribution in [0.2, 0.25) is 0 Å². The minimum atomic E-state index is -4.29. The fraction of sp³-hybridized carbons (Fsp3) is 0.154. The van der Waals surface area contributed by atoms with E-state index in [9.17, 15) is 13.2 Å². The third-order valence-electron chi connectivity index (χ3n) is 2.53. The summed E-state index contributed by atoms with van der Waals surface area (Å²) in [5.74, 6) is 0. The summed E-state index contributed by atoms with van der Waals surface area (Å²) in [5, 5.41) is 1.46. The molecule has 2 aromatic rings. The maximum Gasteiger partial charge on any atom is 0.416 e. The van der Waals surface area contributed by atoms with Gasteiger partial charge in [0.2, 0.25) is 0 Å². The third-order valence-corrected chi connectivity index (χ3v) is 2.53. The molecule has 2 rings (SSSR count). The highest BCUT2D eigenvalue weighted by Crippen LogP contribution is 2.33. The minimum Gasteiger partial charge on any atom is -0.166 e. The molecule has 0 bridgehead atoms. The lowest BCUT2D eigenvalue weighted by atomic mass is 9.99. The zero-order chi connectivity index (χ0) is 11.8. The van der Waals surface area contributed by atoms with Gasteiger partial charge in [0.05, 0.1) is 5.56 Å². The van der Waals surface area contributed by atoms with Gasteiger partial charge in [-0.05, 0) is 34.9 Å². The molecule has 0 saturated heterocycles. The Labute approximate surface area is 91.7 Å².